The molecule has 2 amide bonds. The van der Waals surface area contributed by atoms with Gasteiger partial charge in [-0.1, -0.05) is 67.3 Å². The van der Waals surface area contributed by atoms with Gasteiger partial charge < -0.3 is 19.7 Å². The van der Waals surface area contributed by atoms with Crippen molar-refractivity contribution in [2.24, 2.45) is 0 Å². The molecule has 5 rings (SSSR count). The van der Waals surface area contributed by atoms with Crippen molar-refractivity contribution >= 4 is 27.5 Å². The van der Waals surface area contributed by atoms with Crippen LogP contribution in [0.5, 0.6) is 17.2 Å². The maximum atomic E-state index is 14.3. The molecule has 0 heterocycles. The third-order valence-corrected chi connectivity index (χ3v) is 10.4. The number of methoxy groups -OCH3 is 1. The summed E-state index contributed by atoms with van der Waals surface area (Å²) in [6, 6.07) is 28.8. The second kappa shape index (κ2) is 15.8. The van der Waals surface area contributed by atoms with Crippen LogP contribution >= 0.6 is 0 Å². The van der Waals surface area contributed by atoms with Gasteiger partial charge in [0.15, 0.2) is 0 Å². The number of aryl methyl sites for hydroxylation is 1. The Morgan fingerprint density at radius 2 is 1.48 bits per heavy atom. The Morgan fingerprint density at radius 3 is 2.15 bits per heavy atom. The molecule has 48 heavy (non-hydrogen) atoms. The van der Waals surface area contributed by atoms with Gasteiger partial charge >= 0.3 is 0 Å². The monoisotopic (exact) mass is 669 g/mol. The molecule has 9 nitrogen and oxygen atoms in total. The number of para-hydroxylation sites is 1. The molecule has 0 saturated heterocycles. The first-order valence-corrected chi connectivity index (χ1v) is 17.7. The van der Waals surface area contributed by atoms with Crippen LogP contribution in [0.1, 0.15) is 50.2 Å². The van der Waals surface area contributed by atoms with Crippen LogP contribution in [-0.4, -0.2) is 50.9 Å². The number of carbonyl (C=O) groups excluding carboxylic acids is 2. The molecule has 4 aromatic rings. The highest BCUT2D eigenvalue weighted by Crippen LogP contribution is 2.29. The highest BCUT2D eigenvalue weighted by atomic mass is 32.2. The van der Waals surface area contributed by atoms with Crippen LogP contribution in [0.3, 0.4) is 0 Å². The van der Waals surface area contributed by atoms with Crippen LogP contribution in [-0.2, 0) is 26.2 Å². The minimum atomic E-state index is -4.20. The van der Waals surface area contributed by atoms with Gasteiger partial charge in [-0.15, -0.1) is 0 Å². The normalized spacial score (nSPS) is 14.1. The van der Waals surface area contributed by atoms with E-state index < -0.39 is 28.5 Å². The zero-order valence-electron chi connectivity index (χ0n) is 27.7. The predicted molar refractivity (Wildman–Crippen MR) is 187 cm³/mol. The predicted octanol–water partition coefficient (Wildman–Crippen LogP) is 6.86. The van der Waals surface area contributed by atoms with Crippen LogP contribution in [0.15, 0.2) is 108 Å². The topological polar surface area (TPSA) is 105 Å². The summed E-state index contributed by atoms with van der Waals surface area (Å²) in [5.74, 6) is 0.966. The fourth-order valence-electron chi connectivity index (χ4n) is 5.79. The van der Waals surface area contributed by atoms with E-state index in [4.69, 9.17) is 9.47 Å². The highest BCUT2D eigenvalue weighted by molar-refractivity contribution is 7.92. The van der Waals surface area contributed by atoms with Crippen molar-refractivity contribution in [3.63, 3.8) is 0 Å². The van der Waals surface area contributed by atoms with Gasteiger partial charge in [-0.05, 0) is 92.9 Å². The quantitative estimate of drug-likeness (QED) is 0.167. The molecule has 0 bridgehead atoms. The Morgan fingerprint density at radius 1 is 0.833 bits per heavy atom. The number of carbonyl (C=O) groups is 2. The molecule has 1 saturated carbocycles. The maximum absolute atomic E-state index is 14.3. The van der Waals surface area contributed by atoms with Gasteiger partial charge in [0.1, 0.15) is 29.8 Å². The van der Waals surface area contributed by atoms with E-state index in [1.165, 1.54) is 17.0 Å². The molecule has 1 aliphatic rings. The van der Waals surface area contributed by atoms with E-state index >= 15 is 0 Å². The van der Waals surface area contributed by atoms with Crippen molar-refractivity contribution in [2.75, 3.05) is 18.0 Å². The Kier molecular flexibility index (Phi) is 11.4. The van der Waals surface area contributed by atoms with E-state index in [2.05, 4.69) is 5.32 Å². The Bertz CT molecular complexity index is 1770. The van der Waals surface area contributed by atoms with Crippen LogP contribution in [0.2, 0.25) is 0 Å². The summed E-state index contributed by atoms with van der Waals surface area (Å²) in [4.78, 5) is 29.4. The molecule has 10 heteroatoms. The Labute approximate surface area is 283 Å². The molecular formula is C38H43N3O6S. The number of amides is 2. The number of anilines is 1. The number of nitrogens with one attached hydrogen (secondary N) is 1. The molecule has 1 aliphatic carbocycles. The van der Waals surface area contributed by atoms with Gasteiger partial charge in [-0.2, -0.15) is 0 Å². The number of hydrogen-bond donors (Lipinski definition) is 1. The minimum absolute atomic E-state index is 0.0490. The minimum Gasteiger partial charge on any atom is -0.497 e. The van der Waals surface area contributed by atoms with Gasteiger partial charge in [0, 0.05) is 12.6 Å². The van der Waals surface area contributed by atoms with Crippen LogP contribution in [0, 0.1) is 6.92 Å². The second-order valence-corrected chi connectivity index (χ2v) is 14.0. The van der Waals surface area contributed by atoms with Gasteiger partial charge in [0.25, 0.3) is 10.0 Å². The summed E-state index contributed by atoms with van der Waals surface area (Å²) in [5, 5.41) is 3.13. The standard InChI is InChI=1S/C38H43N3O6S/c1-28-17-23-36(24-18-28)48(44,45)41(32-19-21-34(22-20-32)47-33-14-8-5-9-15-33)27-37(42)40(26-30-11-10-16-35(25-30)46-3)29(2)38(43)39-31-12-6-4-7-13-31/h5,8-11,14-25,29,31H,4,6-7,12-13,26-27H2,1-3H3,(H,39,43)/t29-/m0/s1. The fourth-order valence-corrected chi connectivity index (χ4v) is 7.20. The smallest absolute Gasteiger partial charge is 0.264 e. The average molecular weight is 670 g/mol. The maximum Gasteiger partial charge on any atom is 0.264 e. The van der Waals surface area contributed by atoms with E-state index in [9.17, 15) is 18.0 Å². The summed E-state index contributed by atoms with van der Waals surface area (Å²) in [7, 11) is -2.64. The molecule has 1 N–H and O–H groups in total. The van der Waals surface area contributed by atoms with Gasteiger partial charge in [-0.3, -0.25) is 13.9 Å². The van der Waals surface area contributed by atoms with Crippen molar-refractivity contribution in [3.8, 4) is 17.2 Å². The lowest BCUT2D eigenvalue weighted by Gasteiger charge is -2.33. The number of benzene rings is 4. The third kappa shape index (κ3) is 8.74. The van der Waals surface area contributed by atoms with Gasteiger partial charge in [-0.25, -0.2) is 8.42 Å². The molecule has 0 spiro atoms. The summed E-state index contributed by atoms with van der Waals surface area (Å²) in [5.41, 5.74) is 1.93. The van der Waals surface area contributed by atoms with Gasteiger partial charge in [0.2, 0.25) is 11.8 Å². The van der Waals surface area contributed by atoms with E-state index in [-0.39, 0.29) is 29.1 Å². The Balaban J connectivity index is 1.47. The van der Waals surface area contributed by atoms with E-state index in [1.807, 2.05) is 49.4 Å². The number of ether oxygens (including phenoxy) is 2. The van der Waals surface area contributed by atoms with Crippen molar-refractivity contribution < 1.29 is 27.5 Å². The largest absolute Gasteiger partial charge is 0.497 e. The van der Waals surface area contributed by atoms with Crippen molar-refractivity contribution in [3.05, 3.63) is 114 Å². The molecule has 0 aliphatic heterocycles. The molecular weight excluding hydrogens is 627 g/mol. The van der Waals surface area contributed by atoms with Gasteiger partial charge in [0.05, 0.1) is 17.7 Å². The summed E-state index contributed by atoms with van der Waals surface area (Å²) >= 11 is 0. The lowest BCUT2D eigenvalue weighted by molar-refractivity contribution is -0.139. The highest BCUT2D eigenvalue weighted by Gasteiger charge is 2.33. The lowest BCUT2D eigenvalue weighted by Crippen LogP contribution is -2.53. The number of rotatable bonds is 13. The number of nitrogens with zero attached hydrogens (tertiary/aromatic N) is 2. The van der Waals surface area contributed by atoms with E-state index in [0.717, 1.165) is 47.5 Å². The lowest BCUT2D eigenvalue weighted by atomic mass is 9.95. The van der Waals surface area contributed by atoms with E-state index in [0.29, 0.717) is 17.2 Å². The molecule has 0 unspecified atom stereocenters. The SMILES string of the molecule is COc1cccc(CN(C(=O)CN(c2ccc(Oc3ccccc3)cc2)S(=O)(=O)c2ccc(C)cc2)[C@@H](C)C(=O)NC2CCCCC2)c1. The zero-order chi connectivity index (χ0) is 34.1. The van der Waals surface area contributed by atoms with Crippen LogP contribution in [0.25, 0.3) is 0 Å². The molecule has 0 radical (unpaired) electrons. The first kappa shape index (κ1) is 34.5. The second-order valence-electron chi connectivity index (χ2n) is 12.1. The van der Waals surface area contributed by atoms with Crippen LogP contribution in [0.4, 0.5) is 5.69 Å². The van der Waals surface area contributed by atoms with Crippen molar-refractivity contribution in [2.45, 2.75) is 69.5 Å². The molecule has 0 aromatic heterocycles. The Hall–Kier alpha value is -4.83. The zero-order valence-corrected chi connectivity index (χ0v) is 28.5. The summed E-state index contributed by atoms with van der Waals surface area (Å²) in [6.45, 7) is 3.11. The third-order valence-electron chi connectivity index (χ3n) is 8.60. The van der Waals surface area contributed by atoms with E-state index in [1.54, 1.807) is 62.6 Å². The molecule has 252 valence electrons. The van der Waals surface area contributed by atoms with Crippen molar-refractivity contribution in [1.29, 1.82) is 0 Å². The molecule has 1 atom stereocenters. The summed E-state index contributed by atoms with van der Waals surface area (Å²) < 4.78 is 40.8. The molecule has 1 fully saturated rings. The number of hydrogen-bond acceptors (Lipinski definition) is 6. The first-order chi connectivity index (χ1) is 23.1. The average Bonchev–Trinajstić information content (AvgIpc) is 3.10. The number of sulfonamides is 1. The molecule has 4 aromatic carbocycles. The first-order valence-electron chi connectivity index (χ1n) is 16.3. The van der Waals surface area contributed by atoms with Crippen molar-refractivity contribution in [1.82, 2.24) is 10.2 Å². The fraction of sp³-hybridized carbons (Fsp3) is 0.316. The van der Waals surface area contributed by atoms with Crippen LogP contribution < -0.4 is 19.1 Å². The summed E-state index contributed by atoms with van der Waals surface area (Å²) in [6.07, 6.45) is 5.04.